The van der Waals surface area contributed by atoms with E-state index in [0.717, 1.165) is 6.54 Å². The van der Waals surface area contributed by atoms with Crippen LogP contribution in [0, 0.1) is 5.92 Å². The van der Waals surface area contributed by atoms with Gasteiger partial charge in [-0.2, -0.15) is 0 Å². The first-order chi connectivity index (χ1) is 8.09. The molecule has 2 rings (SSSR count). The molecule has 3 atom stereocenters. The Morgan fingerprint density at radius 2 is 1.94 bits per heavy atom. The topological polar surface area (TPSA) is 46.3 Å². The van der Waals surface area contributed by atoms with Gasteiger partial charge in [-0.15, -0.1) is 0 Å². The van der Waals surface area contributed by atoms with Crippen LogP contribution >= 0.6 is 0 Å². The highest BCUT2D eigenvalue weighted by molar-refractivity contribution is 5.79. The van der Waals surface area contributed by atoms with Gasteiger partial charge in [0.2, 0.25) is 5.91 Å². The number of nitrogens with two attached hydrogens (primary N) is 1. The van der Waals surface area contributed by atoms with Gasteiger partial charge in [0, 0.05) is 24.9 Å². The van der Waals surface area contributed by atoms with Crippen LogP contribution in [0.25, 0.3) is 0 Å². The van der Waals surface area contributed by atoms with Gasteiger partial charge in [0.1, 0.15) is 0 Å². The van der Waals surface area contributed by atoms with Crippen LogP contribution in [0.2, 0.25) is 0 Å². The van der Waals surface area contributed by atoms with Crippen molar-refractivity contribution < 1.29 is 4.79 Å². The predicted octanol–water partition coefficient (Wildman–Crippen LogP) is 1.94. The molecule has 1 aliphatic rings. The minimum absolute atomic E-state index is 0.0897. The highest BCUT2D eigenvalue weighted by Gasteiger charge is 2.34. The zero-order chi connectivity index (χ0) is 12.4. The van der Waals surface area contributed by atoms with Gasteiger partial charge in [0.15, 0.2) is 0 Å². The van der Waals surface area contributed by atoms with Gasteiger partial charge in [-0.25, -0.2) is 0 Å². The lowest BCUT2D eigenvalue weighted by Gasteiger charge is -2.25. The van der Waals surface area contributed by atoms with Crippen LogP contribution in [-0.4, -0.2) is 23.4 Å². The fourth-order valence-electron chi connectivity index (χ4n) is 2.40. The quantitative estimate of drug-likeness (QED) is 0.865. The summed E-state index contributed by atoms with van der Waals surface area (Å²) in [6.07, 6.45) is 0.592. The van der Waals surface area contributed by atoms with Crippen molar-refractivity contribution in [2.24, 2.45) is 11.7 Å². The van der Waals surface area contributed by atoms with E-state index in [4.69, 9.17) is 5.73 Å². The Hall–Kier alpha value is -1.35. The third-order valence-electron chi connectivity index (χ3n) is 3.68. The molecule has 0 saturated carbocycles. The molecule has 17 heavy (non-hydrogen) atoms. The first kappa shape index (κ1) is 12.1. The van der Waals surface area contributed by atoms with Crippen molar-refractivity contribution in [2.45, 2.75) is 32.4 Å². The third-order valence-corrected chi connectivity index (χ3v) is 3.68. The van der Waals surface area contributed by atoms with Crippen LogP contribution in [0.15, 0.2) is 30.3 Å². The molecule has 1 fully saturated rings. The lowest BCUT2D eigenvalue weighted by Crippen LogP contribution is -2.32. The van der Waals surface area contributed by atoms with E-state index in [1.165, 1.54) is 5.56 Å². The summed E-state index contributed by atoms with van der Waals surface area (Å²) in [7, 11) is 0. The Bertz CT molecular complexity index is 388. The maximum absolute atomic E-state index is 12.0. The summed E-state index contributed by atoms with van der Waals surface area (Å²) in [4.78, 5) is 13.9. The van der Waals surface area contributed by atoms with E-state index in [1.54, 1.807) is 0 Å². The summed E-state index contributed by atoms with van der Waals surface area (Å²) in [5.74, 6) is 0.525. The molecule has 3 nitrogen and oxygen atoms in total. The normalized spacial score (nSPS) is 23.8. The van der Waals surface area contributed by atoms with Crippen LogP contribution in [0.1, 0.15) is 31.9 Å². The first-order valence-corrected chi connectivity index (χ1v) is 6.19. The largest absolute Gasteiger partial charge is 0.336 e. The highest BCUT2D eigenvalue weighted by Crippen LogP contribution is 2.29. The van der Waals surface area contributed by atoms with Crippen molar-refractivity contribution in [3.8, 4) is 0 Å². The molecule has 1 aromatic carbocycles. The van der Waals surface area contributed by atoms with Crippen molar-refractivity contribution >= 4 is 5.91 Å². The fourth-order valence-corrected chi connectivity index (χ4v) is 2.40. The lowest BCUT2D eigenvalue weighted by atomic mass is 10.0. The standard InChI is InChI=1S/C14H20N2O/c1-10(15)13-8-14(17)16(9-13)11(2)12-6-4-3-5-7-12/h3-7,10-11,13H,8-9,15H2,1-2H3/t10-,11+,13-/m1/s1. The Labute approximate surface area is 103 Å². The molecule has 1 aromatic rings. The molecule has 0 bridgehead atoms. The summed E-state index contributed by atoms with van der Waals surface area (Å²) in [5, 5.41) is 0. The molecular formula is C14H20N2O. The van der Waals surface area contributed by atoms with Gasteiger partial charge >= 0.3 is 0 Å². The van der Waals surface area contributed by atoms with E-state index in [1.807, 2.05) is 30.0 Å². The molecular weight excluding hydrogens is 212 g/mol. The van der Waals surface area contributed by atoms with E-state index in [-0.39, 0.29) is 18.0 Å². The van der Waals surface area contributed by atoms with Gasteiger partial charge in [0.25, 0.3) is 0 Å². The van der Waals surface area contributed by atoms with Crippen molar-refractivity contribution in [3.63, 3.8) is 0 Å². The molecule has 0 aliphatic carbocycles. The van der Waals surface area contributed by atoms with Crippen molar-refractivity contribution in [3.05, 3.63) is 35.9 Å². The predicted molar refractivity (Wildman–Crippen MR) is 68.3 cm³/mol. The molecule has 1 heterocycles. The van der Waals surface area contributed by atoms with Crippen LogP contribution in [-0.2, 0) is 4.79 Å². The second-order valence-electron chi connectivity index (χ2n) is 4.96. The first-order valence-electron chi connectivity index (χ1n) is 6.19. The number of hydrogen-bond donors (Lipinski definition) is 1. The van der Waals surface area contributed by atoms with Crippen molar-refractivity contribution in [1.29, 1.82) is 0 Å². The molecule has 0 spiro atoms. The van der Waals surface area contributed by atoms with Crippen molar-refractivity contribution in [1.82, 2.24) is 4.90 Å². The smallest absolute Gasteiger partial charge is 0.223 e. The average Bonchev–Trinajstić information content (AvgIpc) is 2.72. The summed E-state index contributed by atoms with van der Waals surface area (Å²) in [6, 6.07) is 10.4. The third kappa shape index (κ3) is 2.50. The van der Waals surface area contributed by atoms with Crippen molar-refractivity contribution in [2.75, 3.05) is 6.54 Å². The van der Waals surface area contributed by atoms with Gasteiger partial charge < -0.3 is 10.6 Å². The van der Waals surface area contributed by atoms with E-state index < -0.39 is 0 Å². The maximum atomic E-state index is 12.0. The minimum Gasteiger partial charge on any atom is -0.336 e. The zero-order valence-electron chi connectivity index (χ0n) is 10.5. The number of benzene rings is 1. The van der Waals surface area contributed by atoms with Crippen LogP contribution < -0.4 is 5.73 Å². The SMILES string of the molecule is C[C@@H](N)[C@@H]1CC(=O)N([C@@H](C)c2ccccc2)C1. The van der Waals surface area contributed by atoms with E-state index in [9.17, 15) is 4.79 Å². The number of nitrogens with zero attached hydrogens (tertiary/aromatic N) is 1. The van der Waals surface area contributed by atoms with Crippen LogP contribution in [0.4, 0.5) is 0 Å². The Morgan fingerprint density at radius 1 is 1.29 bits per heavy atom. The summed E-state index contributed by atoms with van der Waals surface area (Å²) >= 11 is 0. The summed E-state index contributed by atoms with van der Waals surface area (Å²) in [5.41, 5.74) is 7.07. The lowest BCUT2D eigenvalue weighted by molar-refractivity contribution is -0.129. The Kier molecular flexibility index (Phi) is 3.48. The molecule has 0 radical (unpaired) electrons. The molecule has 2 N–H and O–H groups in total. The molecule has 1 saturated heterocycles. The fraction of sp³-hybridized carbons (Fsp3) is 0.500. The van der Waals surface area contributed by atoms with E-state index in [2.05, 4.69) is 19.1 Å². The molecule has 1 aliphatic heterocycles. The number of carbonyl (C=O) groups excluding carboxylic acids is 1. The molecule has 92 valence electrons. The average molecular weight is 232 g/mol. The number of likely N-dealkylation sites (tertiary alicyclic amines) is 1. The van der Waals surface area contributed by atoms with Crippen LogP contribution in [0.3, 0.4) is 0 Å². The van der Waals surface area contributed by atoms with Gasteiger partial charge in [-0.3, -0.25) is 4.79 Å². The Balaban J connectivity index is 2.11. The zero-order valence-corrected chi connectivity index (χ0v) is 10.5. The van der Waals surface area contributed by atoms with Gasteiger partial charge in [-0.1, -0.05) is 30.3 Å². The Morgan fingerprint density at radius 3 is 2.47 bits per heavy atom. The van der Waals surface area contributed by atoms with Gasteiger partial charge in [0.05, 0.1) is 6.04 Å². The minimum atomic E-state index is 0.0897. The molecule has 3 heteroatoms. The van der Waals surface area contributed by atoms with Gasteiger partial charge in [-0.05, 0) is 19.4 Å². The number of amides is 1. The van der Waals surface area contributed by atoms with Crippen LogP contribution in [0.5, 0.6) is 0 Å². The maximum Gasteiger partial charge on any atom is 0.223 e. The molecule has 0 aromatic heterocycles. The van der Waals surface area contributed by atoms with E-state index in [0.29, 0.717) is 12.3 Å². The molecule has 1 amide bonds. The molecule has 0 unspecified atom stereocenters. The highest BCUT2D eigenvalue weighted by atomic mass is 16.2. The number of hydrogen-bond acceptors (Lipinski definition) is 2. The second kappa shape index (κ2) is 4.88. The number of carbonyl (C=O) groups is 1. The van der Waals surface area contributed by atoms with E-state index >= 15 is 0 Å². The monoisotopic (exact) mass is 232 g/mol. The summed E-state index contributed by atoms with van der Waals surface area (Å²) < 4.78 is 0. The number of rotatable bonds is 3. The summed E-state index contributed by atoms with van der Waals surface area (Å²) in [6.45, 7) is 4.85. The second-order valence-corrected chi connectivity index (χ2v) is 4.96.